The minimum Gasteiger partial charge on any atom is -0.430 e. The third-order valence-electron chi connectivity index (χ3n) is 2.40. The number of aromatic nitrogens is 2. The van der Waals surface area contributed by atoms with Gasteiger partial charge in [0.25, 0.3) is 0 Å². The maximum atomic E-state index is 11.0. The van der Waals surface area contributed by atoms with Crippen molar-refractivity contribution in [2.45, 2.75) is 6.92 Å². The van der Waals surface area contributed by atoms with Gasteiger partial charge in [0.15, 0.2) is 0 Å². The van der Waals surface area contributed by atoms with Crippen molar-refractivity contribution in [3.05, 3.63) is 44.5 Å². The molecule has 0 atom stereocenters. The molecule has 104 valence electrons. The second kappa shape index (κ2) is 5.83. The van der Waals surface area contributed by atoms with Crippen LogP contribution in [0, 0.1) is 17.0 Å². The minimum absolute atomic E-state index is 0.109. The van der Waals surface area contributed by atoms with Crippen LogP contribution in [0.3, 0.4) is 0 Å². The molecule has 0 saturated carbocycles. The van der Waals surface area contributed by atoms with Gasteiger partial charge in [-0.3, -0.25) is 10.1 Å². The predicted octanol–water partition coefficient (Wildman–Crippen LogP) is 3.29. The number of nitro benzene ring substituents is 1. The summed E-state index contributed by atoms with van der Waals surface area (Å²) in [6.07, 6.45) is 0. The van der Waals surface area contributed by atoms with Gasteiger partial charge in [0.1, 0.15) is 0 Å². The Morgan fingerprint density at radius 3 is 2.80 bits per heavy atom. The molecule has 2 rings (SSSR count). The zero-order chi connectivity index (χ0) is 14.7. The Labute approximate surface area is 123 Å². The lowest BCUT2D eigenvalue weighted by Gasteiger charge is -2.09. The number of rotatable bonds is 4. The van der Waals surface area contributed by atoms with Crippen molar-refractivity contribution in [2.75, 3.05) is 12.4 Å². The number of nitrogens with zero attached hydrogens (tertiary/aromatic N) is 3. The molecule has 0 aliphatic heterocycles. The summed E-state index contributed by atoms with van der Waals surface area (Å²) in [6, 6.07) is 6.20. The summed E-state index contributed by atoms with van der Waals surface area (Å²) in [5.74, 6) is 0.726. The highest BCUT2D eigenvalue weighted by molar-refractivity contribution is 9.10. The maximum Gasteiger partial charge on any atom is 0.312 e. The molecule has 0 saturated heterocycles. The fraction of sp³-hybridized carbons (Fsp3) is 0.167. The quantitative estimate of drug-likeness (QED) is 0.679. The van der Waals surface area contributed by atoms with E-state index in [1.807, 2.05) is 0 Å². The van der Waals surface area contributed by atoms with Crippen LogP contribution in [0.25, 0.3) is 0 Å². The molecule has 0 aliphatic carbocycles. The third-order valence-corrected chi connectivity index (χ3v) is 3.03. The topological polar surface area (TPSA) is 90.2 Å². The van der Waals surface area contributed by atoms with Gasteiger partial charge in [-0.1, -0.05) is 6.07 Å². The van der Waals surface area contributed by atoms with E-state index in [-0.39, 0.29) is 17.3 Å². The highest BCUT2D eigenvalue weighted by Crippen LogP contribution is 2.37. The molecule has 0 spiro atoms. The highest BCUT2D eigenvalue weighted by atomic mass is 79.9. The number of hydrogen-bond donors (Lipinski definition) is 1. The van der Waals surface area contributed by atoms with E-state index in [0.29, 0.717) is 16.1 Å². The Morgan fingerprint density at radius 1 is 1.40 bits per heavy atom. The Balaban J connectivity index is 2.44. The summed E-state index contributed by atoms with van der Waals surface area (Å²) in [5.41, 5.74) is 0.552. The molecule has 0 aliphatic rings. The van der Waals surface area contributed by atoms with Gasteiger partial charge in [-0.25, -0.2) is 4.98 Å². The van der Waals surface area contributed by atoms with Gasteiger partial charge in [0.2, 0.25) is 17.6 Å². The number of nitrogens with one attached hydrogen (secondary N) is 1. The molecular weight excluding hydrogens is 328 g/mol. The van der Waals surface area contributed by atoms with E-state index >= 15 is 0 Å². The Morgan fingerprint density at radius 2 is 2.15 bits per heavy atom. The highest BCUT2D eigenvalue weighted by Gasteiger charge is 2.19. The van der Waals surface area contributed by atoms with Crippen molar-refractivity contribution in [2.24, 2.45) is 0 Å². The number of ether oxygens (including phenoxy) is 1. The fourth-order valence-corrected chi connectivity index (χ4v) is 1.99. The number of hydrogen-bond acceptors (Lipinski definition) is 6. The largest absolute Gasteiger partial charge is 0.430 e. The first-order valence-corrected chi connectivity index (χ1v) is 6.44. The molecule has 1 heterocycles. The van der Waals surface area contributed by atoms with E-state index in [0.717, 1.165) is 0 Å². The smallest absolute Gasteiger partial charge is 0.312 e. The number of para-hydroxylation sites is 1. The van der Waals surface area contributed by atoms with Crippen molar-refractivity contribution in [1.82, 2.24) is 9.97 Å². The summed E-state index contributed by atoms with van der Waals surface area (Å²) >= 11 is 3.24. The van der Waals surface area contributed by atoms with Crippen LogP contribution in [0.4, 0.5) is 11.6 Å². The van der Waals surface area contributed by atoms with Crippen LogP contribution < -0.4 is 10.1 Å². The van der Waals surface area contributed by atoms with Crippen LogP contribution >= 0.6 is 15.9 Å². The Bertz CT molecular complexity index is 663. The summed E-state index contributed by atoms with van der Waals surface area (Å²) < 4.78 is 6.03. The zero-order valence-electron chi connectivity index (χ0n) is 10.8. The second-order valence-electron chi connectivity index (χ2n) is 3.87. The summed E-state index contributed by atoms with van der Waals surface area (Å²) in [4.78, 5) is 18.7. The fourth-order valence-electron chi connectivity index (χ4n) is 1.55. The molecule has 0 fully saturated rings. The normalized spacial score (nSPS) is 10.2. The van der Waals surface area contributed by atoms with Gasteiger partial charge in [-0.15, -0.1) is 0 Å². The number of nitro groups is 1. The van der Waals surface area contributed by atoms with E-state index in [2.05, 4.69) is 31.2 Å². The predicted molar refractivity (Wildman–Crippen MR) is 77.2 cm³/mol. The Hall–Kier alpha value is -2.22. The molecule has 1 N–H and O–H groups in total. The first-order chi connectivity index (χ1) is 9.51. The molecule has 0 radical (unpaired) electrons. The van der Waals surface area contributed by atoms with E-state index in [9.17, 15) is 10.1 Å². The third kappa shape index (κ3) is 3.02. The molecule has 0 unspecified atom stereocenters. The van der Waals surface area contributed by atoms with Crippen molar-refractivity contribution in [3.63, 3.8) is 0 Å². The monoisotopic (exact) mass is 338 g/mol. The SMILES string of the molecule is CNc1nc(C)cc(Oc2c(Br)cccc2[N+](=O)[O-])n1. The molecular formula is C12H11BrN4O3. The van der Waals surface area contributed by atoms with E-state index in [1.165, 1.54) is 6.07 Å². The van der Waals surface area contributed by atoms with Gasteiger partial charge < -0.3 is 10.1 Å². The average Bonchev–Trinajstić information content (AvgIpc) is 2.40. The maximum absolute atomic E-state index is 11.0. The van der Waals surface area contributed by atoms with E-state index in [4.69, 9.17) is 4.74 Å². The van der Waals surface area contributed by atoms with Gasteiger partial charge in [0, 0.05) is 24.9 Å². The molecule has 7 nitrogen and oxygen atoms in total. The van der Waals surface area contributed by atoms with Crippen molar-refractivity contribution in [1.29, 1.82) is 0 Å². The molecule has 20 heavy (non-hydrogen) atoms. The van der Waals surface area contributed by atoms with Gasteiger partial charge in [-0.2, -0.15) is 4.98 Å². The molecule has 2 aromatic rings. The summed E-state index contributed by atoms with van der Waals surface area (Å²) in [7, 11) is 1.68. The van der Waals surface area contributed by atoms with Crippen molar-refractivity contribution < 1.29 is 9.66 Å². The van der Waals surface area contributed by atoms with E-state index < -0.39 is 4.92 Å². The molecule has 0 bridgehead atoms. The van der Waals surface area contributed by atoms with Crippen LogP contribution in [0.2, 0.25) is 0 Å². The molecule has 8 heteroatoms. The minimum atomic E-state index is -0.507. The number of aryl methyl sites for hydroxylation is 1. The Kier molecular flexibility index (Phi) is 4.14. The summed E-state index contributed by atoms with van der Waals surface area (Å²) in [5, 5.41) is 13.8. The van der Waals surface area contributed by atoms with Gasteiger partial charge >= 0.3 is 5.69 Å². The summed E-state index contributed by atoms with van der Waals surface area (Å²) in [6.45, 7) is 1.78. The van der Waals surface area contributed by atoms with Gasteiger partial charge in [-0.05, 0) is 28.9 Å². The lowest BCUT2D eigenvalue weighted by Crippen LogP contribution is -2.01. The van der Waals surface area contributed by atoms with Crippen LogP contribution in [-0.2, 0) is 0 Å². The lowest BCUT2D eigenvalue weighted by molar-refractivity contribution is -0.385. The lowest BCUT2D eigenvalue weighted by atomic mass is 10.3. The van der Waals surface area contributed by atoms with Crippen molar-refractivity contribution in [3.8, 4) is 11.6 Å². The number of benzene rings is 1. The molecule has 1 aromatic carbocycles. The molecule has 0 amide bonds. The number of halogens is 1. The average molecular weight is 339 g/mol. The first-order valence-electron chi connectivity index (χ1n) is 5.65. The van der Waals surface area contributed by atoms with Crippen LogP contribution in [0.15, 0.2) is 28.7 Å². The van der Waals surface area contributed by atoms with E-state index in [1.54, 1.807) is 32.2 Å². The van der Waals surface area contributed by atoms with Gasteiger partial charge in [0.05, 0.1) is 9.40 Å². The number of anilines is 1. The standard InChI is InChI=1S/C12H11BrN4O3/c1-7-6-10(16-12(14-2)15-7)20-11-8(13)4-3-5-9(11)17(18)19/h3-6H,1-2H3,(H,14,15,16). The zero-order valence-corrected chi connectivity index (χ0v) is 12.3. The van der Waals surface area contributed by atoms with Crippen LogP contribution in [0.1, 0.15) is 5.69 Å². The first kappa shape index (κ1) is 14.2. The molecule has 1 aromatic heterocycles. The van der Waals surface area contributed by atoms with Crippen molar-refractivity contribution >= 4 is 27.6 Å². The van der Waals surface area contributed by atoms with Crippen LogP contribution in [-0.4, -0.2) is 21.9 Å². The van der Waals surface area contributed by atoms with Crippen LogP contribution in [0.5, 0.6) is 11.6 Å². The second-order valence-corrected chi connectivity index (χ2v) is 4.72.